The molecule has 90 valence electrons. The number of aliphatic hydroxyl groups is 2. The van der Waals surface area contributed by atoms with Crippen LogP contribution in [0.1, 0.15) is 12.8 Å². The van der Waals surface area contributed by atoms with Crippen LogP contribution in [0.4, 0.5) is 0 Å². The van der Waals surface area contributed by atoms with Crippen molar-refractivity contribution in [2.75, 3.05) is 25.0 Å². The Bertz CT molecular complexity index is 81.9. The maximum absolute atomic E-state index is 8.50. The van der Waals surface area contributed by atoms with Gasteiger partial charge in [0.25, 0.3) is 0 Å². The average Bonchev–Trinajstić information content (AvgIpc) is 2.25. The normalized spacial score (nSPS) is 6.60. The van der Waals surface area contributed by atoms with E-state index < -0.39 is 19.5 Å². The molecule has 0 aliphatic heterocycles. The fraction of sp³-hybridized carbons (Fsp3) is 1.00. The van der Waals surface area contributed by atoms with E-state index in [0.717, 1.165) is 20.4 Å². The van der Waals surface area contributed by atoms with E-state index in [1.165, 1.54) is 0 Å². The topological polar surface area (TPSA) is 97.7 Å². The zero-order valence-electron chi connectivity index (χ0n) is 8.12. The molecule has 0 heterocycles. The van der Waals surface area contributed by atoms with Crippen molar-refractivity contribution in [2.45, 2.75) is 12.8 Å². The van der Waals surface area contributed by atoms with E-state index in [0.29, 0.717) is 24.6 Å². The molecule has 0 aromatic carbocycles. The molecule has 0 aliphatic carbocycles. The summed E-state index contributed by atoms with van der Waals surface area (Å²) in [7, 11) is 0. The Labute approximate surface area is 121 Å². The van der Waals surface area contributed by atoms with Crippen LogP contribution in [0.15, 0.2) is 0 Å². The van der Waals surface area contributed by atoms with Gasteiger partial charge in [-0.3, -0.25) is 0 Å². The van der Waals surface area contributed by atoms with Crippen LogP contribution < -0.4 is 3.69 Å². The SMILES string of the molecule is OCCCCl.OCCCCl.[O]=[Ti+].[O]=[Ti][O-]. The summed E-state index contributed by atoms with van der Waals surface area (Å²) in [4.78, 5) is 0. The molecule has 0 aromatic rings. The number of halogens is 2. The van der Waals surface area contributed by atoms with Gasteiger partial charge < -0.3 is 10.2 Å². The molecule has 0 unspecified atom stereocenters. The van der Waals surface area contributed by atoms with Gasteiger partial charge in [-0.2, -0.15) is 0 Å². The van der Waals surface area contributed by atoms with Crippen molar-refractivity contribution in [3.05, 3.63) is 0 Å². The molecule has 0 rings (SSSR count). The zero-order valence-corrected chi connectivity index (χ0v) is 12.8. The Kier molecular flexibility index (Phi) is 76.3. The molecule has 0 aromatic heterocycles. The van der Waals surface area contributed by atoms with E-state index in [-0.39, 0.29) is 13.2 Å². The summed E-state index contributed by atoms with van der Waals surface area (Å²) in [6, 6.07) is 0. The van der Waals surface area contributed by atoms with E-state index in [1.54, 1.807) is 0 Å². The van der Waals surface area contributed by atoms with Crippen molar-refractivity contribution >= 4 is 23.2 Å². The standard InChI is InChI=1S/2C3H7ClO.3O.2Ti/c2*4-2-1-3-5;;;;;/h2*5H,1-3H2;;;;;/q;;;;-1;;+1. The van der Waals surface area contributed by atoms with Crippen molar-refractivity contribution in [2.24, 2.45) is 0 Å². The van der Waals surface area contributed by atoms with Crippen LogP contribution in [0.25, 0.3) is 0 Å². The molecule has 0 amide bonds. The third-order valence-electron chi connectivity index (χ3n) is 0.583. The Morgan fingerprint density at radius 2 is 1.27 bits per heavy atom. The van der Waals surface area contributed by atoms with Crippen molar-refractivity contribution in [3.8, 4) is 0 Å². The number of hydrogen-bond donors (Lipinski definition) is 2. The summed E-state index contributed by atoms with van der Waals surface area (Å²) in [5.74, 6) is 1.13. The molecule has 5 nitrogen and oxygen atoms in total. The second kappa shape index (κ2) is 45.1. The van der Waals surface area contributed by atoms with Gasteiger partial charge in [0.1, 0.15) is 0 Å². The third-order valence-corrected chi connectivity index (χ3v) is 1.12. The maximum atomic E-state index is 8.50. The molecule has 0 bridgehead atoms. The Morgan fingerprint density at radius 1 is 1.07 bits per heavy atom. The first-order valence-corrected chi connectivity index (χ1v) is 6.76. The average molecular weight is 333 g/mol. The van der Waals surface area contributed by atoms with Crippen LogP contribution in [0.3, 0.4) is 0 Å². The molecule has 0 fully saturated rings. The predicted molar refractivity (Wildman–Crippen MR) is 46.2 cm³/mol. The fourth-order valence-corrected chi connectivity index (χ4v) is 0.359. The number of aliphatic hydroxyl groups excluding tert-OH is 2. The second-order valence-electron chi connectivity index (χ2n) is 1.62. The minimum absolute atomic E-state index is 0.212. The summed E-state index contributed by atoms with van der Waals surface area (Å²) in [6.07, 6.45) is 1.42. The first kappa shape index (κ1) is 25.4. The van der Waals surface area contributed by atoms with Gasteiger partial charge in [-0.25, -0.2) is 0 Å². The molecule has 0 saturated carbocycles. The molecule has 0 saturated heterocycles. The van der Waals surface area contributed by atoms with Crippen LogP contribution >= 0.6 is 23.2 Å². The molecular formula is C6H14Cl2O5Ti2. The van der Waals surface area contributed by atoms with Crippen molar-refractivity contribution < 1.29 is 60.5 Å². The molecule has 0 spiro atoms. The van der Waals surface area contributed by atoms with E-state index in [2.05, 4.69) is 0 Å². The molecule has 0 aliphatic rings. The number of alkyl halides is 2. The van der Waals surface area contributed by atoms with E-state index in [1.807, 2.05) is 0 Å². The van der Waals surface area contributed by atoms with Crippen LogP contribution in [-0.2, 0) is 46.6 Å². The van der Waals surface area contributed by atoms with Crippen molar-refractivity contribution in [1.29, 1.82) is 0 Å². The molecule has 0 radical (unpaired) electrons. The van der Waals surface area contributed by atoms with Crippen molar-refractivity contribution in [3.63, 3.8) is 0 Å². The molecule has 0 atom stereocenters. The van der Waals surface area contributed by atoms with Gasteiger partial charge >= 0.3 is 50.3 Å². The van der Waals surface area contributed by atoms with Crippen LogP contribution in [-0.4, -0.2) is 35.2 Å². The van der Waals surface area contributed by atoms with Gasteiger partial charge in [0.2, 0.25) is 0 Å². The summed E-state index contributed by atoms with van der Waals surface area (Å²) in [5, 5.41) is 16.0. The Morgan fingerprint density at radius 3 is 1.27 bits per heavy atom. The molecule has 9 heteroatoms. The summed E-state index contributed by atoms with van der Waals surface area (Å²) in [5.41, 5.74) is 0. The van der Waals surface area contributed by atoms with E-state index in [4.69, 9.17) is 43.8 Å². The van der Waals surface area contributed by atoms with E-state index in [9.17, 15) is 0 Å². The third kappa shape index (κ3) is 93.5. The Hall–Kier alpha value is 1.49. The molecule has 2 N–H and O–H groups in total. The monoisotopic (exact) mass is 332 g/mol. The molecular weight excluding hydrogens is 319 g/mol. The molecule has 15 heavy (non-hydrogen) atoms. The van der Waals surface area contributed by atoms with E-state index >= 15 is 0 Å². The summed E-state index contributed by atoms with van der Waals surface area (Å²) >= 11 is 9.03. The van der Waals surface area contributed by atoms with Gasteiger partial charge in [-0.1, -0.05) is 0 Å². The second-order valence-corrected chi connectivity index (χ2v) is 2.63. The number of rotatable bonds is 4. The van der Waals surface area contributed by atoms with Gasteiger partial charge in [0.15, 0.2) is 0 Å². The van der Waals surface area contributed by atoms with Crippen molar-refractivity contribution in [1.82, 2.24) is 0 Å². The number of hydrogen-bond acceptors (Lipinski definition) is 5. The van der Waals surface area contributed by atoms with Gasteiger partial charge in [0, 0.05) is 25.0 Å². The van der Waals surface area contributed by atoms with Gasteiger partial charge in [-0.15, -0.1) is 23.2 Å². The van der Waals surface area contributed by atoms with Crippen LogP contribution in [0, 0.1) is 0 Å². The first-order chi connectivity index (χ1) is 7.24. The quantitative estimate of drug-likeness (QED) is 0.548. The summed E-state index contributed by atoms with van der Waals surface area (Å²) < 4.78 is 25.2. The van der Waals surface area contributed by atoms with Gasteiger partial charge in [-0.05, 0) is 12.8 Å². The Balaban J connectivity index is -0.0000000574. The van der Waals surface area contributed by atoms with Gasteiger partial charge in [0.05, 0.1) is 0 Å². The van der Waals surface area contributed by atoms with Crippen LogP contribution in [0.5, 0.6) is 0 Å². The zero-order chi connectivity index (χ0) is 12.9. The first-order valence-electron chi connectivity index (χ1n) is 3.78. The predicted octanol–water partition coefficient (Wildman–Crippen LogP) is -0.216. The van der Waals surface area contributed by atoms with Crippen LogP contribution in [0.2, 0.25) is 0 Å². The minimum atomic E-state index is -2.00. The fourth-order valence-electron chi connectivity index (χ4n) is 0.120. The summed E-state index contributed by atoms with van der Waals surface area (Å²) in [6.45, 7) is 0.424.